The lowest BCUT2D eigenvalue weighted by molar-refractivity contribution is -0.137. The van der Waals surface area contributed by atoms with E-state index in [-0.39, 0.29) is 5.92 Å². The number of rotatable bonds is 4. The molecule has 1 N–H and O–H groups in total. The van der Waals surface area contributed by atoms with Crippen molar-refractivity contribution >= 4 is 17.5 Å². The summed E-state index contributed by atoms with van der Waals surface area (Å²) in [6, 6.07) is 11.9. The summed E-state index contributed by atoms with van der Waals surface area (Å²) in [5, 5.41) is 3.27. The Labute approximate surface area is 173 Å². The summed E-state index contributed by atoms with van der Waals surface area (Å²) in [6.07, 6.45) is 6.74. The smallest absolute Gasteiger partial charge is 0.226 e. The molecule has 1 fully saturated rings. The summed E-state index contributed by atoms with van der Waals surface area (Å²) in [7, 11) is 0. The molecule has 2 aromatic heterocycles. The van der Waals surface area contributed by atoms with Crippen LogP contribution < -0.4 is 5.32 Å². The number of likely N-dealkylation sites (tertiary alicyclic amines) is 1. The second-order valence-corrected chi connectivity index (χ2v) is 8.39. The Bertz CT molecular complexity index is 885. The Morgan fingerprint density at radius 3 is 2.52 bits per heavy atom. The van der Waals surface area contributed by atoms with Crippen LogP contribution in [-0.4, -0.2) is 33.9 Å². The predicted octanol–water partition coefficient (Wildman–Crippen LogP) is 5.06. The number of carbonyl (C=O) groups excluding carboxylic acids is 1. The molecule has 1 atom stereocenters. The number of nitrogens with zero attached hydrogens (tertiary/aromatic N) is 3. The van der Waals surface area contributed by atoms with Gasteiger partial charge < -0.3 is 10.2 Å². The van der Waals surface area contributed by atoms with E-state index in [2.05, 4.69) is 35.1 Å². The molecular formula is C24H30N4O. The van der Waals surface area contributed by atoms with Crippen LogP contribution in [0.25, 0.3) is 0 Å². The van der Waals surface area contributed by atoms with Crippen LogP contribution in [0.2, 0.25) is 0 Å². The van der Waals surface area contributed by atoms with Gasteiger partial charge in [-0.05, 0) is 70.2 Å². The van der Waals surface area contributed by atoms with Gasteiger partial charge in [0, 0.05) is 36.8 Å². The first kappa shape index (κ1) is 19.6. The first-order valence-corrected chi connectivity index (χ1v) is 10.7. The molecule has 152 valence electrons. The van der Waals surface area contributed by atoms with E-state index in [1.54, 1.807) is 6.20 Å². The largest absolute Gasteiger partial charge is 0.342 e. The van der Waals surface area contributed by atoms with Crippen molar-refractivity contribution in [1.82, 2.24) is 14.9 Å². The van der Waals surface area contributed by atoms with E-state index in [1.807, 2.05) is 30.3 Å². The number of pyridine rings is 2. The number of allylic oxidation sites excluding steroid dienone is 2. The summed E-state index contributed by atoms with van der Waals surface area (Å²) < 4.78 is 0. The van der Waals surface area contributed by atoms with Crippen molar-refractivity contribution in [3.63, 3.8) is 0 Å². The molecule has 3 heterocycles. The van der Waals surface area contributed by atoms with Gasteiger partial charge in [-0.1, -0.05) is 23.3 Å². The van der Waals surface area contributed by atoms with E-state index >= 15 is 0 Å². The number of anilines is 2. The van der Waals surface area contributed by atoms with E-state index in [9.17, 15) is 4.79 Å². The third-order valence-corrected chi connectivity index (χ3v) is 6.41. The monoisotopic (exact) mass is 390 g/mol. The molecule has 0 unspecified atom stereocenters. The van der Waals surface area contributed by atoms with Crippen molar-refractivity contribution in [2.75, 3.05) is 18.4 Å². The molecule has 2 aliphatic rings. The summed E-state index contributed by atoms with van der Waals surface area (Å²) >= 11 is 0. The molecule has 0 saturated carbocycles. The van der Waals surface area contributed by atoms with Gasteiger partial charge in [0.05, 0.1) is 0 Å². The van der Waals surface area contributed by atoms with E-state index in [0.717, 1.165) is 62.5 Å². The number of carbonyl (C=O) groups is 1. The highest BCUT2D eigenvalue weighted by atomic mass is 16.2. The minimum atomic E-state index is 0.180. The second kappa shape index (κ2) is 8.76. The van der Waals surface area contributed by atoms with Gasteiger partial charge in [-0.2, -0.15) is 0 Å². The van der Waals surface area contributed by atoms with Crippen LogP contribution in [0.3, 0.4) is 0 Å². The van der Waals surface area contributed by atoms with Crippen LogP contribution in [-0.2, 0) is 4.79 Å². The number of hydrogen-bond donors (Lipinski definition) is 1. The van der Waals surface area contributed by atoms with E-state index in [1.165, 1.54) is 11.1 Å². The fraction of sp³-hybridized carbons (Fsp3) is 0.458. The number of nitrogens with one attached hydrogen (secondary N) is 1. The molecule has 0 bridgehead atoms. The van der Waals surface area contributed by atoms with E-state index in [0.29, 0.717) is 11.8 Å². The number of aromatic nitrogens is 2. The maximum atomic E-state index is 13.0. The molecule has 0 spiro atoms. The lowest BCUT2D eigenvalue weighted by Crippen LogP contribution is -2.42. The van der Waals surface area contributed by atoms with Gasteiger partial charge in [0.1, 0.15) is 11.6 Å². The highest BCUT2D eigenvalue weighted by molar-refractivity contribution is 5.79. The van der Waals surface area contributed by atoms with E-state index in [4.69, 9.17) is 4.98 Å². The first-order chi connectivity index (χ1) is 14.1. The Morgan fingerprint density at radius 2 is 1.79 bits per heavy atom. The normalized spacial score (nSPS) is 20.6. The predicted molar refractivity (Wildman–Crippen MR) is 116 cm³/mol. The zero-order chi connectivity index (χ0) is 20.2. The number of hydrogen-bond acceptors (Lipinski definition) is 4. The van der Waals surface area contributed by atoms with Crippen molar-refractivity contribution in [3.8, 4) is 0 Å². The average Bonchev–Trinajstić information content (AvgIpc) is 2.76. The zero-order valence-corrected chi connectivity index (χ0v) is 17.4. The summed E-state index contributed by atoms with van der Waals surface area (Å²) in [4.78, 5) is 24.2. The Morgan fingerprint density at radius 1 is 1.00 bits per heavy atom. The molecule has 1 amide bonds. The van der Waals surface area contributed by atoms with Crippen molar-refractivity contribution < 1.29 is 4.79 Å². The first-order valence-electron chi connectivity index (χ1n) is 10.7. The summed E-state index contributed by atoms with van der Waals surface area (Å²) in [5.74, 6) is 2.55. The summed E-state index contributed by atoms with van der Waals surface area (Å²) in [5.41, 5.74) is 3.98. The van der Waals surface area contributed by atoms with Gasteiger partial charge in [-0.25, -0.2) is 9.97 Å². The van der Waals surface area contributed by atoms with Crippen LogP contribution in [0.1, 0.15) is 57.6 Å². The lowest BCUT2D eigenvalue weighted by atomic mass is 9.83. The van der Waals surface area contributed by atoms with Crippen molar-refractivity contribution in [1.29, 1.82) is 0 Å². The van der Waals surface area contributed by atoms with Crippen molar-refractivity contribution in [2.45, 2.75) is 51.9 Å². The van der Waals surface area contributed by atoms with Crippen LogP contribution >= 0.6 is 0 Å². The highest BCUT2D eigenvalue weighted by Crippen LogP contribution is 2.33. The summed E-state index contributed by atoms with van der Waals surface area (Å²) in [6.45, 7) is 6.05. The maximum Gasteiger partial charge on any atom is 0.226 e. The van der Waals surface area contributed by atoms with Gasteiger partial charge >= 0.3 is 0 Å². The fourth-order valence-electron chi connectivity index (χ4n) is 4.43. The molecule has 1 aliphatic carbocycles. The van der Waals surface area contributed by atoms with Gasteiger partial charge in [-0.15, -0.1) is 0 Å². The molecule has 0 aromatic carbocycles. The van der Waals surface area contributed by atoms with Gasteiger partial charge in [0.2, 0.25) is 5.91 Å². The lowest BCUT2D eigenvalue weighted by Gasteiger charge is -2.35. The van der Waals surface area contributed by atoms with Crippen LogP contribution in [0.4, 0.5) is 11.6 Å². The van der Waals surface area contributed by atoms with E-state index < -0.39 is 0 Å². The van der Waals surface area contributed by atoms with Crippen molar-refractivity contribution in [2.24, 2.45) is 5.92 Å². The molecule has 1 aliphatic heterocycles. The molecule has 4 rings (SSSR count). The quantitative estimate of drug-likeness (QED) is 0.741. The minimum Gasteiger partial charge on any atom is -0.342 e. The number of piperidine rings is 1. The van der Waals surface area contributed by atoms with Crippen LogP contribution in [0, 0.1) is 5.92 Å². The Hall–Kier alpha value is -2.69. The van der Waals surface area contributed by atoms with Crippen molar-refractivity contribution in [3.05, 3.63) is 59.4 Å². The number of amides is 1. The van der Waals surface area contributed by atoms with Crippen LogP contribution in [0.15, 0.2) is 53.7 Å². The SMILES string of the molecule is CC1=C(C)C[C@@H](C(=O)N2CCC(c3cccc(Nc4ccccn4)n3)CC2)CC1. The molecule has 5 nitrogen and oxygen atoms in total. The molecule has 2 aromatic rings. The Balaban J connectivity index is 1.35. The zero-order valence-electron chi connectivity index (χ0n) is 17.4. The molecule has 5 heteroatoms. The molecule has 1 saturated heterocycles. The van der Waals surface area contributed by atoms with Crippen LogP contribution in [0.5, 0.6) is 0 Å². The van der Waals surface area contributed by atoms with Gasteiger partial charge in [0.25, 0.3) is 0 Å². The molecule has 29 heavy (non-hydrogen) atoms. The fourth-order valence-corrected chi connectivity index (χ4v) is 4.43. The second-order valence-electron chi connectivity index (χ2n) is 8.39. The standard InChI is InChI=1S/C24H30N4O/c1-17-9-10-20(16-18(17)2)24(29)28-14-11-19(12-15-28)21-6-5-8-23(26-21)27-22-7-3-4-13-25-22/h3-8,13,19-20H,9-12,14-16H2,1-2H3,(H,25,26,27)/t20-/m0/s1. The van der Waals surface area contributed by atoms with Gasteiger partial charge in [-0.3, -0.25) is 4.79 Å². The molecule has 0 radical (unpaired) electrons. The Kier molecular flexibility index (Phi) is 5.93. The highest BCUT2D eigenvalue weighted by Gasteiger charge is 2.30. The third kappa shape index (κ3) is 4.66. The maximum absolute atomic E-state index is 13.0. The third-order valence-electron chi connectivity index (χ3n) is 6.41. The minimum absolute atomic E-state index is 0.180. The molecular weight excluding hydrogens is 360 g/mol. The van der Waals surface area contributed by atoms with Gasteiger partial charge in [0.15, 0.2) is 0 Å². The topological polar surface area (TPSA) is 58.1 Å². The average molecular weight is 391 g/mol.